The number of allylic oxidation sites excluding steroid dienone is 4. The Morgan fingerprint density at radius 2 is 2.00 bits per heavy atom. The number of esters is 1. The van der Waals surface area contributed by atoms with E-state index in [1.165, 1.54) is 0 Å². The van der Waals surface area contributed by atoms with Gasteiger partial charge in [0, 0.05) is 6.42 Å². The molecule has 1 aliphatic heterocycles. The van der Waals surface area contributed by atoms with Crippen molar-refractivity contribution in [2.75, 3.05) is 13.2 Å². The Morgan fingerprint density at radius 3 is 2.93 bits per heavy atom. The van der Waals surface area contributed by atoms with Crippen LogP contribution in [0.5, 0.6) is 0 Å². The second-order valence-corrected chi connectivity index (χ2v) is 3.19. The van der Waals surface area contributed by atoms with Crippen molar-refractivity contribution in [3.63, 3.8) is 0 Å². The van der Waals surface area contributed by atoms with Crippen LogP contribution in [0.15, 0.2) is 36.1 Å². The Hall–Kier alpha value is -1.51. The third-order valence-corrected chi connectivity index (χ3v) is 2.15. The minimum Gasteiger partial charge on any atom is -0.497 e. The van der Waals surface area contributed by atoms with Gasteiger partial charge in [-0.3, -0.25) is 4.79 Å². The zero-order valence-corrected chi connectivity index (χ0v) is 7.81. The van der Waals surface area contributed by atoms with Gasteiger partial charge in [0.2, 0.25) is 0 Å². The Bertz CT molecular complexity index is 312. The lowest BCUT2D eigenvalue weighted by molar-refractivity contribution is -0.148. The quantitative estimate of drug-likeness (QED) is 0.546. The molecule has 2 aliphatic rings. The van der Waals surface area contributed by atoms with Gasteiger partial charge in [0.05, 0.1) is 13.2 Å². The molecule has 0 N–H and O–H groups in total. The van der Waals surface area contributed by atoms with Gasteiger partial charge in [-0.05, 0) is 6.08 Å². The SMILES string of the molecule is O=C1OCCCOC2=CC=CC=C[C@@H]12. The van der Waals surface area contributed by atoms with Crippen LogP contribution in [0.25, 0.3) is 0 Å². The summed E-state index contributed by atoms with van der Waals surface area (Å²) in [5, 5.41) is 0. The number of carbonyl (C=O) groups excluding carboxylic acids is 1. The predicted octanol–water partition coefficient (Wildman–Crippen LogP) is 1.58. The summed E-state index contributed by atoms with van der Waals surface area (Å²) in [4.78, 5) is 11.5. The molecule has 1 heterocycles. The van der Waals surface area contributed by atoms with Gasteiger partial charge in [-0.15, -0.1) is 0 Å². The minimum atomic E-state index is -0.370. The van der Waals surface area contributed by atoms with Crippen LogP contribution >= 0.6 is 0 Å². The molecule has 0 saturated carbocycles. The second-order valence-electron chi connectivity index (χ2n) is 3.19. The van der Waals surface area contributed by atoms with Crippen LogP contribution in [-0.2, 0) is 14.3 Å². The minimum absolute atomic E-state index is 0.226. The number of cyclic esters (lactones) is 1. The monoisotopic (exact) mass is 192 g/mol. The fraction of sp³-hybridized carbons (Fsp3) is 0.364. The van der Waals surface area contributed by atoms with Gasteiger partial charge >= 0.3 is 5.97 Å². The van der Waals surface area contributed by atoms with Crippen LogP contribution in [0.2, 0.25) is 0 Å². The standard InChI is InChI=1S/C11H12O3/c12-11-9-5-2-1-3-6-10(9)13-7-4-8-14-11/h1-3,5-6,9H,4,7-8H2/t9-/m1/s1. The molecule has 3 nitrogen and oxygen atoms in total. The molecule has 1 atom stereocenters. The largest absolute Gasteiger partial charge is 0.497 e. The number of ether oxygens (including phenoxy) is 2. The van der Waals surface area contributed by atoms with Crippen molar-refractivity contribution in [2.45, 2.75) is 6.42 Å². The van der Waals surface area contributed by atoms with Gasteiger partial charge in [-0.1, -0.05) is 24.3 Å². The van der Waals surface area contributed by atoms with Crippen molar-refractivity contribution in [3.8, 4) is 0 Å². The third kappa shape index (κ3) is 1.87. The third-order valence-electron chi connectivity index (χ3n) is 2.15. The average Bonchev–Trinajstić information content (AvgIpc) is 2.39. The molecule has 0 spiro atoms. The number of fused-ring (bicyclic) bond motifs is 1. The van der Waals surface area contributed by atoms with E-state index in [1.54, 1.807) is 6.08 Å². The van der Waals surface area contributed by atoms with E-state index in [9.17, 15) is 4.79 Å². The lowest BCUT2D eigenvalue weighted by atomic mass is 10.1. The van der Waals surface area contributed by atoms with E-state index in [0.29, 0.717) is 19.0 Å². The topological polar surface area (TPSA) is 35.5 Å². The van der Waals surface area contributed by atoms with Crippen molar-refractivity contribution >= 4 is 5.97 Å². The molecule has 1 fully saturated rings. The maximum absolute atomic E-state index is 11.5. The maximum atomic E-state index is 11.5. The first kappa shape index (κ1) is 9.06. The van der Waals surface area contributed by atoms with Gasteiger partial charge in [-0.2, -0.15) is 0 Å². The highest BCUT2D eigenvalue weighted by Crippen LogP contribution is 2.20. The van der Waals surface area contributed by atoms with E-state index < -0.39 is 0 Å². The molecule has 0 unspecified atom stereocenters. The van der Waals surface area contributed by atoms with Crippen LogP contribution in [0, 0.1) is 5.92 Å². The van der Waals surface area contributed by atoms with Gasteiger partial charge in [-0.25, -0.2) is 0 Å². The normalized spacial score (nSPS) is 26.1. The Morgan fingerprint density at radius 1 is 1.14 bits per heavy atom. The summed E-state index contributed by atoms with van der Waals surface area (Å²) in [7, 11) is 0. The fourth-order valence-corrected chi connectivity index (χ4v) is 1.43. The number of hydrogen-bond acceptors (Lipinski definition) is 3. The van der Waals surface area contributed by atoms with E-state index in [4.69, 9.17) is 9.47 Å². The molecule has 0 bridgehead atoms. The molecule has 0 aromatic rings. The number of carbonyl (C=O) groups is 1. The molecule has 2 rings (SSSR count). The summed E-state index contributed by atoms with van der Waals surface area (Å²) in [5.74, 6) is 0.0842. The van der Waals surface area contributed by atoms with Crippen molar-refractivity contribution < 1.29 is 14.3 Å². The van der Waals surface area contributed by atoms with Gasteiger partial charge in [0.25, 0.3) is 0 Å². The Labute approximate surface area is 82.7 Å². The van der Waals surface area contributed by atoms with Gasteiger partial charge in [0.15, 0.2) is 0 Å². The average molecular weight is 192 g/mol. The van der Waals surface area contributed by atoms with Crippen LogP contribution in [-0.4, -0.2) is 19.2 Å². The van der Waals surface area contributed by atoms with E-state index in [1.807, 2.05) is 24.3 Å². The molecule has 1 aliphatic carbocycles. The lowest BCUT2D eigenvalue weighted by Gasteiger charge is -2.19. The summed E-state index contributed by atoms with van der Waals surface area (Å²) in [6.45, 7) is 1.06. The van der Waals surface area contributed by atoms with Crippen LogP contribution in [0.3, 0.4) is 0 Å². The number of hydrogen-bond donors (Lipinski definition) is 0. The highest BCUT2D eigenvalue weighted by Gasteiger charge is 2.25. The summed E-state index contributed by atoms with van der Waals surface area (Å²) in [5.41, 5.74) is 0. The van der Waals surface area contributed by atoms with E-state index in [-0.39, 0.29) is 11.9 Å². The molecule has 0 radical (unpaired) electrons. The molecule has 0 amide bonds. The Balaban J connectivity index is 2.24. The summed E-state index contributed by atoms with van der Waals surface area (Å²) in [6.07, 6.45) is 9.93. The van der Waals surface area contributed by atoms with Crippen molar-refractivity contribution in [1.82, 2.24) is 0 Å². The van der Waals surface area contributed by atoms with Gasteiger partial charge < -0.3 is 9.47 Å². The van der Waals surface area contributed by atoms with Crippen molar-refractivity contribution in [2.24, 2.45) is 5.92 Å². The molecule has 0 aromatic carbocycles. The van der Waals surface area contributed by atoms with Crippen LogP contribution < -0.4 is 0 Å². The molecular formula is C11H12O3. The summed E-state index contributed by atoms with van der Waals surface area (Å²) in [6, 6.07) is 0. The van der Waals surface area contributed by atoms with E-state index in [2.05, 4.69) is 0 Å². The molecular weight excluding hydrogens is 180 g/mol. The maximum Gasteiger partial charge on any atom is 0.320 e. The molecule has 1 saturated heterocycles. The smallest absolute Gasteiger partial charge is 0.320 e. The molecule has 14 heavy (non-hydrogen) atoms. The zero-order valence-electron chi connectivity index (χ0n) is 7.81. The first-order valence-corrected chi connectivity index (χ1v) is 4.72. The fourth-order valence-electron chi connectivity index (χ4n) is 1.43. The highest BCUT2D eigenvalue weighted by molar-refractivity contribution is 5.78. The van der Waals surface area contributed by atoms with Gasteiger partial charge in [0.1, 0.15) is 11.7 Å². The van der Waals surface area contributed by atoms with Crippen molar-refractivity contribution in [1.29, 1.82) is 0 Å². The summed E-state index contributed by atoms with van der Waals surface area (Å²) >= 11 is 0. The first-order chi connectivity index (χ1) is 6.88. The second kappa shape index (κ2) is 4.13. The van der Waals surface area contributed by atoms with Crippen LogP contribution in [0.1, 0.15) is 6.42 Å². The Kier molecular flexibility index (Phi) is 2.68. The lowest BCUT2D eigenvalue weighted by Crippen LogP contribution is -2.23. The molecule has 3 heteroatoms. The highest BCUT2D eigenvalue weighted by atomic mass is 16.5. The van der Waals surface area contributed by atoms with E-state index >= 15 is 0 Å². The predicted molar refractivity (Wildman–Crippen MR) is 51.4 cm³/mol. The summed E-state index contributed by atoms with van der Waals surface area (Å²) < 4.78 is 10.6. The van der Waals surface area contributed by atoms with Crippen molar-refractivity contribution in [3.05, 3.63) is 36.1 Å². The first-order valence-electron chi connectivity index (χ1n) is 4.72. The van der Waals surface area contributed by atoms with Crippen LogP contribution in [0.4, 0.5) is 0 Å². The zero-order chi connectivity index (χ0) is 9.80. The molecule has 0 aromatic heterocycles. The van der Waals surface area contributed by atoms with E-state index in [0.717, 1.165) is 6.42 Å². The number of rotatable bonds is 0. The molecule has 74 valence electrons.